The summed E-state index contributed by atoms with van der Waals surface area (Å²) in [5, 5.41) is 3.39. The highest BCUT2D eigenvalue weighted by atomic mass is 15.3. The van der Waals surface area contributed by atoms with Crippen molar-refractivity contribution in [1.82, 2.24) is 20.2 Å². The van der Waals surface area contributed by atoms with Crippen LogP contribution in [0.1, 0.15) is 26.5 Å². The number of aromatic nitrogens is 2. The molecule has 2 unspecified atom stereocenters. The normalized spacial score (nSPS) is 23.1. The van der Waals surface area contributed by atoms with Crippen molar-refractivity contribution in [3.8, 4) is 0 Å². The number of nitrogens with one attached hydrogen (secondary N) is 1. The average molecular weight is 277 g/mol. The lowest BCUT2D eigenvalue weighted by Gasteiger charge is -2.22. The lowest BCUT2D eigenvalue weighted by molar-refractivity contribution is 0.266. The maximum atomic E-state index is 4.74. The van der Waals surface area contributed by atoms with E-state index in [0.717, 1.165) is 31.1 Å². The molecule has 1 aliphatic rings. The summed E-state index contributed by atoms with van der Waals surface area (Å²) in [5.41, 5.74) is 1.01. The zero-order chi connectivity index (χ0) is 14.7. The molecule has 5 nitrogen and oxygen atoms in total. The predicted octanol–water partition coefficient (Wildman–Crippen LogP) is 1.36. The highest BCUT2D eigenvalue weighted by Crippen LogP contribution is 2.24. The van der Waals surface area contributed by atoms with E-state index in [0.29, 0.717) is 18.0 Å². The summed E-state index contributed by atoms with van der Waals surface area (Å²) in [4.78, 5) is 13.7. The third-order valence-electron chi connectivity index (χ3n) is 3.92. The van der Waals surface area contributed by atoms with Crippen LogP contribution in [0.4, 0.5) is 5.82 Å². The van der Waals surface area contributed by atoms with Gasteiger partial charge in [0.2, 0.25) is 0 Å². The molecule has 2 rings (SSSR count). The Hall–Kier alpha value is -1.20. The molecule has 5 heteroatoms. The number of rotatable bonds is 5. The van der Waals surface area contributed by atoms with Crippen LogP contribution in [-0.4, -0.2) is 54.1 Å². The van der Waals surface area contributed by atoms with Crippen LogP contribution in [-0.2, 0) is 6.54 Å². The fourth-order valence-corrected chi connectivity index (χ4v) is 2.75. The topological polar surface area (TPSA) is 44.3 Å². The summed E-state index contributed by atoms with van der Waals surface area (Å²) in [7, 11) is 4.30. The van der Waals surface area contributed by atoms with Gasteiger partial charge in [0.05, 0.1) is 11.9 Å². The van der Waals surface area contributed by atoms with E-state index < -0.39 is 0 Å². The van der Waals surface area contributed by atoms with Crippen molar-refractivity contribution < 1.29 is 0 Å². The standard InChI is InChI=1S/C15H27N5/c1-11(2)17-7-13-6-16-8-15(18-13)20-9-12(3)14(10-20)19(4)5/h6,8,11-12,14,17H,7,9-10H2,1-5H3. The number of hydrogen-bond donors (Lipinski definition) is 1. The first kappa shape index (κ1) is 15.2. The van der Waals surface area contributed by atoms with E-state index in [1.807, 2.05) is 12.4 Å². The molecule has 0 bridgehead atoms. The number of hydrogen-bond acceptors (Lipinski definition) is 5. The van der Waals surface area contributed by atoms with E-state index in [1.54, 1.807) is 0 Å². The molecule has 1 aromatic rings. The van der Waals surface area contributed by atoms with Crippen LogP contribution in [0.5, 0.6) is 0 Å². The van der Waals surface area contributed by atoms with Gasteiger partial charge in [-0.3, -0.25) is 4.98 Å². The minimum atomic E-state index is 0.463. The lowest BCUT2D eigenvalue weighted by Crippen LogP contribution is -2.34. The van der Waals surface area contributed by atoms with Gasteiger partial charge in [0, 0.05) is 37.9 Å². The van der Waals surface area contributed by atoms with Gasteiger partial charge in [0.25, 0.3) is 0 Å². The zero-order valence-electron chi connectivity index (χ0n) is 13.3. The third-order valence-corrected chi connectivity index (χ3v) is 3.92. The minimum Gasteiger partial charge on any atom is -0.353 e. The molecule has 0 saturated carbocycles. The molecular formula is C15H27N5. The highest BCUT2D eigenvalue weighted by Gasteiger charge is 2.31. The largest absolute Gasteiger partial charge is 0.353 e. The molecule has 112 valence electrons. The Morgan fingerprint density at radius 2 is 2.10 bits per heavy atom. The molecule has 0 amide bonds. The van der Waals surface area contributed by atoms with E-state index >= 15 is 0 Å². The van der Waals surface area contributed by atoms with Crippen molar-refractivity contribution in [2.75, 3.05) is 32.1 Å². The first-order valence-electron chi connectivity index (χ1n) is 7.43. The lowest BCUT2D eigenvalue weighted by atomic mass is 10.1. The summed E-state index contributed by atoms with van der Waals surface area (Å²) in [5.74, 6) is 1.66. The number of nitrogens with zero attached hydrogens (tertiary/aromatic N) is 4. The SMILES string of the molecule is CC(C)NCc1cncc(N2CC(C)C(N(C)C)C2)n1. The first-order valence-corrected chi connectivity index (χ1v) is 7.43. The minimum absolute atomic E-state index is 0.463. The molecule has 0 radical (unpaired) electrons. The van der Waals surface area contributed by atoms with Crippen LogP contribution in [0.3, 0.4) is 0 Å². The van der Waals surface area contributed by atoms with E-state index in [1.165, 1.54) is 0 Å². The summed E-state index contributed by atoms with van der Waals surface area (Å²) >= 11 is 0. The number of anilines is 1. The van der Waals surface area contributed by atoms with Gasteiger partial charge >= 0.3 is 0 Å². The molecule has 20 heavy (non-hydrogen) atoms. The summed E-state index contributed by atoms with van der Waals surface area (Å²) in [6, 6.07) is 1.06. The fourth-order valence-electron chi connectivity index (χ4n) is 2.75. The van der Waals surface area contributed by atoms with Crippen molar-refractivity contribution in [2.45, 2.75) is 39.4 Å². The smallest absolute Gasteiger partial charge is 0.147 e. The first-order chi connectivity index (χ1) is 9.47. The van der Waals surface area contributed by atoms with Gasteiger partial charge in [0.15, 0.2) is 0 Å². The van der Waals surface area contributed by atoms with Crippen molar-refractivity contribution in [3.05, 3.63) is 18.1 Å². The van der Waals surface area contributed by atoms with Crippen molar-refractivity contribution in [1.29, 1.82) is 0 Å². The second kappa shape index (κ2) is 6.50. The second-order valence-electron chi connectivity index (χ2n) is 6.32. The molecule has 0 spiro atoms. The van der Waals surface area contributed by atoms with Crippen LogP contribution < -0.4 is 10.2 Å². The van der Waals surface area contributed by atoms with Gasteiger partial charge in [-0.2, -0.15) is 0 Å². The Labute approximate surface area is 122 Å². The van der Waals surface area contributed by atoms with Crippen LogP contribution in [0, 0.1) is 5.92 Å². The van der Waals surface area contributed by atoms with Gasteiger partial charge in [-0.25, -0.2) is 4.98 Å². The maximum absolute atomic E-state index is 4.74. The Balaban J connectivity index is 2.04. The molecule has 2 heterocycles. The molecule has 2 atom stereocenters. The second-order valence-corrected chi connectivity index (χ2v) is 6.32. The van der Waals surface area contributed by atoms with Crippen molar-refractivity contribution in [3.63, 3.8) is 0 Å². The molecule has 1 aromatic heterocycles. The van der Waals surface area contributed by atoms with Crippen molar-refractivity contribution in [2.24, 2.45) is 5.92 Å². The van der Waals surface area contributed by atoms with Gasteiger partial charge in [0.1, 0.15) is 5.82 Å². The average Bonchev–Trinajstić information content (AvgIpc) is 2.79. The van der Waals surface area contributed by atoms with Crippen LogP contribution in [0.25, 0.3) is 0 Å². The Morgan fingerprint density at radius 1 is 1.35 bits per heavy atom. The number of likely N-dealkylation sites (N-methyl/N-ethyl adjacent to an activating group) is 1. The molecule has 1 fully saturated rings. The predicted molar refractivity (Wildman–Crippen MR) is 82.9 cm³/mol. The molecule has 0 aromatic carbocycles. The quantitative estimate of drug-likeness (QED) is 0.880. The van der Waals surface area contributed by atoms with Gasteiger partial charge in [-0.1, -0.05) is 20.8 Å². The van der Waals surface area contributed by atoms with Crippen LogP contribution in [0.2, 0.25) is 0 Å². The summed E-state index contributed by atoms with van der Waals surface area (Å²) in [6.07, 6.45) is 3.73. The highest BCUT2D eigenvalue weighted by molar-refractivity contribution is 5.38. The van der Waals surface area contributed by atoms with E-state index in [-0.39, 0.29) is 0 Å². The monoisotopic (exact) mass is 277 g/mol. The Kier molecular flexibility index (Phi) is 4.94. The molecule has 1 N–H and O–H groups in total. The van der Waals surface area contributed by atoms with E-state index in [9.17, 15) is 0 Å². The van der Waals surface area contributed by atoms with E-state index in [4.69, 9.17) is 4.98 Å². The molecule has 1 aliphatic heterocycles. The molecule has 0 aliphatic carbocycles. The molecular weight excluding hydrogens is 250 g/mol. The zero-order valence-corrected chi connectivity index (χ0v) is 13.3. The fraction of sp³-hybridized carbons (Fsp3) is 0.733. The van der Waals surface area contributed by atoms with Crippen LogP contribution in [0.15, 0.2) is 12.4 Å². The Bertz CT molecular complexity index is 432. The summed E-state index contributed by atoms with van der Waals surface area (Å²) in [6.45, 7) is 9.45. The Morgan fingerprint density at radius 3 is 2.70 bits per heavy atom. The summed E-state index contributed by atoms with van der Waals surface area (Å²) < 4.78 is 0. The van der Waals surface area contributed by atoms with Crippen LogP contribution >= 0.6 is 0 Å². The molecule has 1 saturated heterocycles. The third kappa shape index (κ3) is 3.67. The van der Waals surface area contributed by atoms with Gasteiger partial charge in [-0.15, -0.1) is 0 Å². The van der Waals surface area contributed by atoms with Crippen molar-refractivity contribution >= 4 is 5.82 Å². The van der Waals surface area contributed by atoms with Gasteiger partial charge in [-0.05, 0) is 20.0 Å². The van der Waals surface area contributed by atoms with Gasteiger partial charge < -0.3 is 15.1 Å². The van der Waals surface area contributed by atoms with E-state index in [2.05, 4.69) is 55.0 Å². The maximum Gasteiger partial charge on any atom is 0.147 e.